The predicted octanol–water partition coefficient (Wildman–Crippen LogP) is 5.07. The first-order valence-corrected chi connectivity index (χ1v) is 15.3. The van der Waals surface area contributed by atoms with Crippen molar-refractivity contribution in [1.29, 1.82) is 0 Å². The van der Waals surface area contributed by atoms with Gasteiger partial charge in [-0.05, 0) is 60.9 Å². The van der Waals surface area contributed by atoms with Gasteiger partial charge in [0.05, 0.1) is 43.8 Å². The van der Waals surface area contributed by atoms with Gasteiger partial charge in [-0.1, -0.05) is 18.2 Å². The molecule has 0 bridgehead atoms. The zero-order valence-corrected chi connectivity index (χ0v) is 25.3. The van der Waals surface area contributed by atoms with Crippen molar-refractivity contribution in [2.75, 3.05) is 58.0 Å². The highest BCUT2D eigenvalue weighted by Gasteiger charge is 2.34. The lowest BCUT2D eigenvalue weighted by Crippen LogP contribution is -2.49. The van der Waals surface area contributed by atoms with Crippen molar-refractivity contribution >= 4 is 5.69 Å². The van der Waals surface area contributed by atoms with Crippen LogP contribution in [0, 0.1) is 11.6 Å². The second kappa shape index (κ2) is 15.5. The lowest BCUT2D eigenvalue weighted by atomic mass is 9.85. The Hall–Kier alpha value is -3.44. The number of piperidine rings is 1. The molecule has 4 atom stereocenters. The standard InChI is InChI=1S/C34H42F2N2O6/c1-23(44-32-19-26(35)7-10-28(32)36)12-16-41-27-8-5-25(6-9-27)34-30(39)20-37-21-33(34)43-22-24-4-11-31-29(18-24)38(14-17-42-31)13-3-15-40-2/h4-11,18-19,23,30,33-34,37,39H,3,12-17,20-22H2,1-2H3/t23-,30-,33+,34+/m1/s1. The quantitative estimate of drug-likeness (QED) is 0.245. The number of β-amino-alcohol motifs (C(OH)–C–C–N with tert-alkyl or cyclic N) is 1. The number of nitrogens with one attached hydrogen (secondary N) is 1. The molecule has 8 nitrogen and oxygen atoms in total. The number of ether oxygens (including phenoxy) is 5. The van der Waals surface area contributed by atoms with E-state index in [0.717, 1.165) is 66.9 Å². The zero-order chi connectivity index (χ0) is 30.9. The number of anilines is 1. The molecule has 3 aromatic carbocycles. The fraction of sp³-hybridized carbons (Fsp3) is 0.471. The number of hydrogen-bond donors (Lipinski definition) is 2. The zero-order valence-electron chi connectivity index (χ0n) is 25.3. The highest BCUT2D eigenvalue weighted by molar-refractivity contribution is 5.61. The van der Waals surface area contributed by atoms with E-state index < -0.39 is 17.7 Å². The summed E-state index contributed by atoms with van der Waals surface area (Å²) < 4.78 is 56.2. The topological polar surface area (TPSA) is 81.7 Å². The second-order valence-electron chi connectivity index (χ2n) is 11.3. The smallest absolute Gasteiger partial charge is 0.165 e. The molecule has 0 aliphatic carbocycles. The Morgan fingerprint density at radius 1 is 1.05 bits per heavy atom. The molecule has 2 N–H and O–H groups in total. The highest BCUT2D eigenvalue weighted by Crippen LogP contribution is 2.34. The molecule has 3 aromatic rings. The number of rotatable bonds is 14. The summed E-state index contributed by atoms with van der Waals surface area (Å²) in [5.74, 6) is 0.0896. The van der Waals surface area contributed by atoms with E-state index in [1.165, 1.54) is 0 Å². The Morgan fingerprint density at radius 2 is 1.89 bits per heavy atom. The lowest BCUT2D eigenvalue weighted by molar-refractivity contribution is -0.0328. The molecule has 0 saturated carbocycles. The van der Waals surface area contributed by atoms with Gasteiger partial charge in [0.1, 0.15) is 23.9 Å². The third-order valence-electron chi connectivity index (χ3n) is 8.02. The minimum Gasteiger partial charge on any atom is -0.493 e. The summed E-state index contributed by atoms with van der Waals surface area (Å²) in [6.07, 6.45) is 0.237. The van der Waals surface area contributed by atoms with Crippen molar-refractivity contribution in [2.45, 2.75) is 50.6 Å². The molecule has 1 fully saturated rings. The Kier molecular flexibility index (Phi) is 11.3. The van der Waals surface area contributed by atoms with E-state index in [1.807, 2.05) is 36.4 Å². The molecule has 2 aliphatic heterocycles. The molecule has 2 heterocycles. The maximum Gasteiger partial charge on any atom is 0.165 e. The number of aliphatic hydroxyl groups is 1. The Bertz CT molecular complexity index is 1340. The van der Waals surface area contributed by atoms with E-state index in [9.17, 15) is 13.9 Å². The summed E-state index contributed by atoms with van der Waals surface area (Å²) in [6, 6.07) is 17.0. The van der Waals surface area contributed by atoms with E-state index >= 15 is 0 Å². The number of benzene rings is 3. The Balaban J connectivity index is 1.15. The summed E-state index contributed by atoms with van der Waals surface area (Å²) in [4.78, 5) is 2.33. The Labute approximate surface area is 257 Å². The molecule has 0 spiro atoms. The van der Waals surface area contributed by atoms with Crippen LogP contribution in [0.4, 0.5) is 14.5 Å². The summed E-state index contributed by atoms with van der Waals surface area (Å²) >= 11 is 0. The van der Waals surface area contributed by atoms with E-state index in [2.05, 4.69) is 16.3 Å². The van der Waals surface area contributed by atoms with Gasteiger partial charge in [-0.15, -0.1) is 0 Å². The normalized spacial score (nSPS) is 20.5. The molecule has 0 radical (unpaired) electrons. The summed E-state index contributed by atoms with van der Waals surface area (Å²) in [6.45, 7) is 6.77. The molecule has 0 amide bonds. The molecule has 10 heteroatoms. The van der Waals surface area contributed by atoms with Gasteiger partial charge in [-0.2, -0.15) is 0 Å². The number of hydrogen-bond acceptors (Lipinski definition) is 8. The maximum absolute atomic E-state index is 13.9. The van der Waals surface area contributed by atoms with Crippen LogP contribution in [0.1, 0.15) is 36.8 Å². The molecule has 44 heavy (non-hydrogen) atoms. The summed E-state index contributed by atoms with van der Waals surface area (Å²) in [5.41, 5.74) is 3.09. The minimum absolute atomic E-state index is 0.111. The van der Waals surface area contributed by atoms with Crippen molar-refractivity contribution in [2.24, 2.45) is 0 Å². The van der Waals surface area contributed by atoms with Crippen LogP contribution in [0.15, 0.2) is 60.7 Å². The van der Waals surface area contributed by atoms with Crippen LogP contribution in [-0.2, 0) is 16.1 Å². The molecular formula is C34H42F2N2O6. The van der Waals surface area contributed by atoms with Crippen LogP contribution in [-0.4, -0.2) is 76.5 Å². The maximum atomic E-state index is 13.9. The third-order valence-corrected chi connectivity index (χ3v) is 8.02. The molecular weight excluding hydrogens is 570 g/mol. The fourth-order valence-electron chi connectivity index (χ4n) is 5.69. The number of nitrogens with zero attached hydrogens (tertiary/aromatic N) is 1. The second-order valence-corrected chi connectivity index (χ2v) is 11.3. The fourth-order valence-corrected chi connectivity index (χ4v) is 5.69. The van der Waals surface area contributed by atoms with Crippen molar-refractivity contribution in [1.82, 2.24) is 5.32 Å². The molecule has 2 aliphatic rings. The van der Waals surface area contributed by atoms with E-state index in [0.29, 0.717) is 45.1 Å². The average molecular weight is 613 g/mol. The predicted molar refractivity (Wildman–Crippen MR) is 164 cm³/mol. The summed E-state index contributed by atoms with van der Waals surface area (Å²) in [5, 5.41) is 14.2. The lowest BCUT2D eigenvalue weighted by Gasteiger charge is -2.36. The highest BCUT2D eigenvalue weighted by atomic mass is 19.1. The van der Waals surface area contributed by atoms with Crippen molar-refractivity contribution in [3.63, 3.8) is 0 Å². The van der Waals surface area contributed by atoms with Gasteiger partial charge >= 0.3 is 0 Å². The molecule has 1 saturated heterocycles. The average Bonchev–Trinajstić information content (AvgIpc) is 3.02. The van der Waals surface area contributed by atoms with Gasteiger partial charge in [-0.25, -0.2) is 8.78 Å². The monoisotopic (exact) mass is 612 g/mol. The van der Waals surface area contributed by atoms with E-state index in [1.54, 1.807) is 14.0 Å². The van der Waals surface area contributed by atoms with Gasteiger partial charge in [0.15, 0.2) is 11.6 Å². The van der Waals surface area contributed by atoms with Gasteiger partial charge in [0.2, 0.25) is 0 Å². The van der Waals surface area contributed by atoms with Crippen LogP contribution in [0.2, 0.25) is 0 Å². The van der Waals surface area contributed by atoms with Crippen LogP contribution >= 0.6 is 0 Å². The van der Waals surface area contributed by atoms with E-state index in [4.69, 9.17) is 23.7 Å². The van der Waals surface area contributed by atoms with Crippen LogP contribution in [0.3, 0.4) is 0 Å². The first-order chi connectivity index (χ1) is 21.4. The van der Waals surface area contributed by atoms with Gasteiger partial charge < -0.3 is 39.0 Å². The number of halogens is 2. The van der Waals surface area contributed by atoms with Crippen LogP contribution < -0.4 is 24.4 Å². The van der Waals surface area contributed by atoms with Gasteiger partial charge in [0.25, 0.3) is 0 Å². The van der Waals surface area contributed by atoms with Crippen molar-refractivity contribution < 1.29 is 37.6 Å². The van der Waals surface area contributed by atoms with E-state index in [-0.39, 0.29) is 23.9 Å². The number of aliphatic hydroxyl groups excluding tert-OH is 1. The van der Waals surface area contributed by atoms with Crippen molar-refractivity contribution in [3.8, 4) is 17.2 Å². The number of fused-ring (bicyclic) bond motifs is 1. The SMILES string of the molecule is COCCCN1CCOc2ccc(CO[C@H]3CNC[C@@H](O)[C@@H]3c3ccc(OCC[C@@H](C)Oc4cc(F)ccc4F)cc3)cc21. The van der Waals surface area contributed by atoms with Crippen LogP contribution in [0.5, 0.6) is 17.2 Å². The molecule has 0 aromatic heterocycles. The number of methoxy groups -OCH3 is 1. The third kappa shape index (κ3) is 8.38. The first-order valence-electron chi connectivity index (χ1n) is 15.3. The van der Waals surface area contributed by atoms with Gasteiger partial charge in [0, 0.05) is 51.8 Å². The van der Waals surface area contributed by atoms with Gasteiger partial charge in [-0.3, -0.25) is 0 Å². The Morgan fingerprint density at radius 3 is 2.70 bits per heavy atom. The first kappa shape index (κ1) is 32.0. The molecule has 238 valence electrons. The molecule has 0 unspecified atom stereocenters. The largest absolute Gasteiger partial charge is 0.493 e. The van der Waals surface area contributed by atoms with Crippen molar-refractivity contribution in [3.05, 3.63) is 83.4 Å². The summed E-state index contributed by atoms with van der Waals surface area (Å²) in [7, 11) is 1.72. The minimum atomic E-state index is -0.602. The van der Waals surface area contributed by atoms with Crippen LogP contribution in [0.25, 0.3) is 0 Å². The molecule has 5 rings (SSSR count).